The summed E-state index contributed by atoms with van der Waals surface area (Å²) >= 11 is 5.78. The Kier molecular flexibility index (Phi) is 5.27. The third-order valence-electron chi connectivity index (χ3n) is 3.85. The molecule has 3 aromatic rings. The van der Waals surface area contributed by atoms with Gasteiger partial charge in [-0.25, -0.2) is 8.42 Å². The molecule has 0 saturated heterocycles. The summed E-state index contributed by atoms with van der Waals surface area (Å²) in [6.07, 6.45) is 0. The molecule has 134 valence electrons. The fourth-order valence-corrected chi connectivity index (χ4v) is 3.73. The molecule has 0 aliphatic rings. The van der Waals surface area contributed by atoms with Crippen molar-refractivity contribution in [1.82, 2.24) is 4.31 Å². The minimum Gasteiger partial charge on any atom is -0.425 e. The van der Waals surface area contributed by atoms with Crippen molar-refractivity contribution in [2.75, 3.05) is 13.6 Å². The Morgan fingerprint density at radius 3 is 2.38 bits per heavy atom. The topological polar surface area (TPSA) is 63.7 Å². The van der Waals surface area contributed by atoms with E-state index in [-0.39, 0.29) is 4.90 Å². The van der Waals surface area contributed by atoms with E-state index in [1.54, 1.807) is 12.1 Å². The Bertz CT molecular complexity index is 1040. The largest absolute Gasteiger partial charge is 0.425 e. The second-order valence-electron chi connectivity index (χ2n) is 5.67. The number of hydrogen-bond acceptors (Lipinski definition) is 4. The van der Waals surface area contributed by atoms with Gasteiger partial charge >= 0.3 is 5.97 Å². The Morgan fingerprint density at radius 1 is 1.00 bits per heavy atom. The number of carbonyl (C=O) groups excluding carboxylic acids is 1. The smallest absolute Gasteiger partial charge is 0.326 e. The van der Waals surface area contributed by atoms with Gasteiger partial charge < -0.3 is 4.74 Å². The van der Waals surface area contributed by atoms with E-state index >= 15 is 0 Å². The minimum absolute atomic E-state index is 0.0577. The lowest BCUT2D eigenvalue weighted by Gasteiger charge is -2.16. The van der Waals surface area contributed by atoms with Crippen molar-refractivity contribution in [2.24, 2.45) is 0 Å². The number of ether oxygens (including phenoxy) is 1. The maximum absolute atomic E-state index is 12.5. The fourth-order valence-electron chi connectivity index (χ4n) is 2.49. The highest BCUT2D eigenvalue weighted by molar-refractivity contribution is 7.89. The number of hydrogen-bond donors (Lipinski definition) is 0. The molecule has 0 aliphatic heterocycles. The van der Waals surface area contributed by atoms with E-state index in [0.717, 1.165) is 15.1 Å². The molecule has 0 unspecified atom stereocenters. The Balaban J connectivity index is 1.76. The van der Waals surface area contributed by atoms with Crippen LogP contribution in [0.3, 0.4) is 0 Å². The summed E-state index contributed by atoms with van der Waals surface area (Å²) in [5.41, 5.74) is 0. The standard InChI is InChI=1S/C19H16ClNO4S/c1-21(26(23,24)16-11-9-15(20)10-12-16)13-19(22)25-18-8-4-6-14-5-2-3-7-17(14)18/h2-12H,13H2,1H3. The summed E-state index contributed by atoms with van der Waals surface area (Å²) in [5.74, 6) is -0.271. The lowest BCUT2D eigenvalue weighted by Crippen LogP contribution is -2.34. The van der Waals surface area contributed by atoms with Crippen molar-refractivity contribution in [3.05, 3.63) is 71.8 Å². The van der Waals surface area contributed by atoms with Crippen LogP contribution in [0.4, 0.5) is 0 Å². The lowest BCUT2D eigenvalue weighted by molar-refractivity contribution is -0.134. The molecule has 3 aromatic carbocycles. The first-order valence-corrected chi connectivity index (χ1v) is 9.60. The van der Waals surface area contributed by atoms with Crippen LogP contribution in [0.1, 0.15) is 0 Å². The van der Waals surface area contributed by atoms with Crippen LogP contribution in [-0.2, 0) is 14.8 Å². The van der Waals surface area contributed by atoms with E-state index in [1.807, 2.05) is 30.3 Å². The summed E-state index contributed by atoms with van der Waals surface area (Å²) in [7, 11) is -2.48. The molecule has 0 N–H and O–H groups in total. The van der Waals surface area contributed by atoms with E-state index in [2.05, 4.69) is 0 Å². The average Bonchev–Trinajstić information content (AvgIpc) is 2.62. The van der Waals surface area contributed by atoms with Crippen molar-refractivity contribution in [2.45, 2.75) is 4.90 Å². The number of esters is 1. The summed E-state index contributed by atoms with van der Waals surface area (Å²) < 4.78 is 31.4. The van der Waals surface area contributed by atoms with Gasteiger partial charge in [-0.3, -0.25) is 4.79 Å². The van der Waals surface area contributed by atoms with E-state index in [0.29, 0.717) is 10.8 Å². The third-order valence-corrected chi connectivity index (χ3v) is 5.92. The van der Waals surface area contributed by atoms with Crippen LogP contribution in [0.2, 0.25) is 5.02 Å². The van der Waals surface area contributed by atoms with Gasteiger partial charge in [-0.1, -0.05) is 48.0 Å². The van der Waals surface area contributed by atoms with Gasteiger partial charge in [-0.2, -0.15) is 4.31 Å². The van der Waals surface area contributed by atoms with E-state index in [1.165, 1.54) is 31.3 Å². The normalized spacial score (nSPS) is 11.7. The van der Waals surface area contributed by atoms with Crippen LogP contribution < -0.4 is 4.74 Å². The molecule has 5 nitrogen and oxygen atoms in total. The second kappa shape index (κ2) is 7.45. The van der Waals surface area contributed by atoms with Crippen molar-refractivity contribution in [1.29, 1.82) is 0 Å². The van der Waals surface area contributed by atoms with Crippen LogP contribution in [0.25, 0.3) is 10.8 Å². The molecular weight excluding hydrogens is 374 g/mol. The first kappa shape index (κ1) is 18.4. The van der Waals surface area contributed by atoms with Gasteiger partial charge in [-0.05, 0) is 35.7 Å². The average molecular weight is 390 g/mol. The predicted octanol–water partition coefficient (Wildman–Crippen LogP) is 3.72. The number of likely N-dealkylation sites (N-methyl/N-ethyl adjacent to an activating group) is 1. The minimum atomic E-state index is -3.81. The van der Waals surface area contributed by atoms with Gasteiger partial charge in [0.1, 0.15) is 12.3 Å². The zero-order valence-electron chi connectivity index (χ0n) is 13.9. The molecule has 0 bridgehead atoms. The van der Waals surface area contributed by atoms with E-state index < -0.39 is 22.5 Å². The summed E-state index contributed by atoms with van der Waals surface area (Å²) in [6.45, 7) is -0.409. The number of carbonyl (C=O) groups is 1. The number of sulfonamides is 1. The van der Waals surface area contributed by atoms with Crippen LogP contribution >= 0.6 is 11.6 Å². The van der Waals surface area contributed by atoms with Crippen LogP contribution in [-0.4, -0.2) is 32.3 Å². The van der Waals surface area contributed by atoms with Crippen LogP contribution in [0.5, 0.6) is 5.75 Å². The molecular formula is C19H16ClNO4S. The number of benzene rings is 3. The van der Waals surface area contributed by atoms with Crippen molar-refractivity contribution < 1.29 is 17.9 Å². The molecule has 0 fully saturated rings. The van der Waals surface area contributed by atoms with Gasteiger partial charge in [0.25, 0.3) is 0 Å². The zero-order valence-corrected chi connectivity index (χ0v) is 15.5. The maximum Gasteiger partial charge on any atom is 0.326 e. The monoisotopic (exact) mass is 389 g/mol. The second-order valence-corrected chi connectivity index (χ2v) is 8.15. The van der Waals surface area contributed by atoms with Gasteiger partial charge in [-0.15, -0.1) is 0 Å². The van der Waals surface area contributed by atoms with E-state index in [4.69, 9.17) is 16.3 Å². The molecule has 0 aromatic heterocycles. The summed E-state index contributed by atoms with van der Waals surface area (Å²) in [5, 5.41) is 2.15. The molecule has 3 rings (SSSR count). The number of nitrogens with zero attached hydrogens (tertiary/aromatic N) is 1. The highest BCUT2D eigenvalue weighted by atomic mass is 35.5. The summed E-state index contributed by atoms with van der Waals surface area (Å²) in [4.78, 5) is 12.3. The quantitative estimate of drug-likeness (QED) is 0.493. The van der Waals surface area contributed by atoms with E-state index in [9.17, 15) is 13.2 Å². The van der Waals surface area contributed by atoms with Crippen molar-refractivity contribution in [3.63, 3.8) is 0 Å². The Hall–Kier alpha value is -2.41. The Morgan fingerprint density at radius 2 is 1.65 bits per heavy atom. The predicted molar refractivity (Wildman–Crippen MR) is 101 cm³/mol. The van der Waals surface area contributed by atoms with Gasteiger partial charge in [0.05, 0.1) is 4.90 Å². The molecule has 0 radical (unpaired) electrons. The van der Waals surface area contributed by atoms with Crippen LogP contribution in [0.15, 0.2) is 71.6 Å². The molecule has 0 spiro atoms. The first-order valence-electron chi connectivity index (χ1n) is 7.78. The molecule has 0 aliphatic carbocycles. The lowest BCUT2D eigenvalue weighted by atomic mass is 10.1. The Labute approximate surface area is 156 Å². The molecule has 26 heavy (non-hydrogen) atoms. The molecule has 7 heteroatoms. The van der Waals surface area contributed by atoms with Gasteiger partial charge in [0.2, 0.25) is 10.0 Å². The number of rotatable bonds is 5. The van der Waals surface area contributed by atoms with Crippen molar-refractivity contribution in [3.8, 4) is 5.75 Å². The maximum atomic E-state index is 12.5. The zero-order chi connectivity index (χ0) is 18.7. The van der Waals surface area contributed by atoms with Gasteiger partial charge in [0, 0.05) is 17.5 Å². The van der Waals surface area contributed by atoms with Crippen LogP contribution in [0, 0.1) is 0 Å². The highest BCUT2D eigenvalue weighted by Crippen LogP contribution is 2.25. The number of halogens is 1. The first-order chi connectivity index (χ1) is 12.4. The molecule has 0 saturated carbocycles. The fraction of sp³-hybridized carbons (Fsp3) is 0.105. The highest BCUT2D eigenvalue weighted by Gasteiger charge is 2.24. The SMILES string of the molecule is CN(CC(=O)Oc1cccc2ccccc12)S(=O)(=O)c1ccc(Cl)cc1. The summed E-state index contributed by atoms with van der Waals surface area (Å²) in [6, 6.07) is 18.6. The number of fused-ring (bicyclic) bond motifs is 1. The molecule has 0 heterocycles. The molecule has 0 amide bonds. The third kappa shape index (κ3) is 3.88. The van der Waals surface area contributed by atoms with Crippen molar-refractivity contribution >= 4 is 38.4 Å². The van der Waals surface area contributed by atoms with Gasteiger partial charge in [0.15, 0.2) is 0 Å². The molecule has 0 atom stereocenters.